The summed E-state index contributed by atoms with van der Waals surface area (Å²) in [5.41, 5.74) is 1.75. The molecule has 1 N–H and O–H groups in total. The van der Waals surface area contributed by atoms with Crippen LogP contribution in [0.3, 0.4) is 0 Å². The van der Waals surface area contributed by atoms with E-state index >= 15 is 0 Å². The Bertz CT molecular complexity index is 1090. The first-order chi connectivity index (χ1) is 12.9. The molecule has 4 rings (SSSR count). The molecule has 1 aliphatic rings. The van der Waals surface area contributed by atoms with Gasteiger partial charge in [0.2, 0.25) is 10.0 Å². The Labute approximate surface area is 156 Å². The van der Waals surface area contributed by atoms with Crippen LogP contribution in [0.5, 0.6) is 0 Å². The molecule has 0 spiro atoms. The summed E-state index contributed by atoms with van der Waals surface area (Å²) in [5.74, 6) is 0.182. The van der Waals surface area contributed by atoms with E-state index in [9.17, 15) is 13.2 Å². The van der Waals surface area contributed by atoms with Crippen LogP contribution in [0.15, 0.2) is 39.9 Å². The Morgan fingerprint density at radius 3 is 2.56 bits per heavy atom. The summed E-state index contributed by atoms with van der Waals surface area (Å²) in [6.07, 6.45) is 1.80. The molecular weight excluding hydrogens is 368 g/mol. The number of aromatic amines is 1. The summed E-state index contributed by atoms with van der Waals surface area (Å²) in [6.45, 7) is 4.33. The lowest BCUT2D eigenvalue weighted by Crippen LogP contribution is -2.50. The second-order valence-corrected chi connectivity index (χ2v) is 8.47. The topological polar surface area (TPSA) is 99.5 Å². The first kappa shape index (κ1) is 17.7. The Kier molecular flexibility index (Phi) is 4.27. The average molecular weight is 388 g/mol. The molecule has 0 aliphatic carbocycles. The van der Waals surface area contributed by atoms with Gasteiger partial charge in [0.1, 0.15) is 10.6 Å². The van der Waals surface area contributed by atoms with Crippen molar-refractivity contribution in [1.82, 2.24) is 19.3 Å². The molecule has 8 nitrogen and oxygen atoms in total. The van der Waals surface area contributed by atoms with E-state index in [1.165, 1.54) is 4.31 Å². The Balaban J connectivity index is 1.52. The van der Waals surface area contributed by atoms with Crippen molar-refractivity contribution in [3.63, 3.8) is 0 Å². The van der Waals surface area contributed by atoms with Gasteiger partial charge in [-0.3, -0.25) is 4.79 Å². The first-order valence-electron chi connectivity index (χ1n) is 8.68. The molecule has 0 bridgehead atoms. The van der Waals surface area contributed by atoms with E-state index in [0.29, 0.717) is 24.3 Å². The van der Waals surface area contributed by atoms with Gasteiger partial charge in [0.05, 0.1) is 11.1 Å². The van der Waals surface area contributed by atoms with Crippen LogP contribution in [0.2, 0.25) is 0 Å². The number of aryl methyl sites for hydroxylation is 2. The Hall–Kier alpha value is -2.65. The van der Waals surface area contributed by atoms with Gasteiger partial charge in [0, 0.05) is 37.8 Å². The van der Waals surface area contributed by atoms with Crippen molar-refractivity contribution in [2.45, 2.75) is 18.7 Å². The Morgan fingerprint density at radius 1 is 1.15 bits per heavy atom. The van der Waals surface area contributed by atoms with Crippen LogP contribution < -0.4 is 0 Å². The van der Waals surface area contributed by atoms with E-state index < -0.39 is 10.0 Å². The van der Waals surface area contributed by atoms with Gasteiger partial charge in [-0.05, 0) is 26.0 Å². The third-order valence-electron chi connectivity index (χ3n) is 4.91. The monoisotopic (exact) mass is 388 g/mol. The summed E-state index contributed by atoms with van der Waals surface area (Å²) in [5, 5.41) is 4.71. The zero-order valence-corrected chi connectivity index (χ0v) is 15.9. The largest absolute Gasteiger partial charge is 0.361 e. The molecule has 27 heavy (non-hydrogen) atoms. The second-order valence-electron chi connectivity index (χ2n) is 6.60. The maximum absolute atomic E-state index is 12.9. The highest BCUT2D eigenvalue weighted by atomic mass is 32.2. The number of rotatable bonds is 3. The summed E-state index contributed by atoms with van der Waals surface area (Å²) >= 11 is 0. The molecule has 1 aliphatic heterocycles. The maximum atomic E-state index is 12.9. The fourth-order valence-corrected chi connectivity index (χ4v) is 5.25. The molecule has 0 saturated carbocycles. The number of nitrogens with zero attached hydrogens (tertiary/aromatic N) is 3. The molecule has 2 aromatic heterocycles. The SMILES string of the molecule is Cc1noc(C)c1S(=O)(=O)N1CCN(C(=O)c2cccc3cc[nH]c23)CC1. The predicted molar refractivity (Wildman–Crippen MR) is 98.9 cm³/mol. The van der Waals surface area contributed by atoms with Gasteiger partial charge in [0.15, 0.2) is 5.76 Å². The number of amides is 1. The molecule has 3 aromatic rings. The van der Waals surface area contributed by atoms with E-state index in [-0.39, 0.29) is 29.7 Å². The lowest BCUT2D eigenvalue weighted by molar-refractivity contribution is 0.0699. The summed E-state index contributed by atoms with van der Waals surface area (Å²) < 4.78 is 32.2. The molecule has 3 heterocycles. The number of aromatic nitrogens is 2. The minimum atomic E-state index is -3.69. The fourth-order valence-electron chi connectivity index (χ4n) is 3.54. The minimum absolute atomic E-state index is 0.0996. The van der Waals surface area contributed by atoms with Crippen LogP contribution in [0.1, 0.15) is 21.8 Å². The van der Waals surface area contributed by atoms with Crippen molar-refractivity contribution in [2.24, 2.45) is 0 Å². The third kappa shape index (κ3) is 2.92. The van der Waals surface area contributed by atoms with E-state index in [4.69, 9.17) is 4.52 Å². The Morgan fingerprint density at radius 2 is 1.89 bits per heavy atom. The zero-order chi connectivity index (χ0) is 19.2. The number of piperazine rings is 1. The molecule has 1 saturated heterocycles. The number of hydrogen-bond acceptors (Lipinski definition) is 5. The molecule has 1 aromatic carbocycles. The van der Waals surface area contributed by atoms with Gasteiger partial charge in [-0.15, -0.1) is 0 Å². The predicted octanol–water partition coefficient (Wildman–Crippen LogP) is 1.92. The maximum Gasteiger partial charge on any atom is 0.256 e. The fraction of sp³-hybridized carbons (Fsp3) is 0.333. The van der Waals surface area contributed by atoms with Crippen molar-refractivity contribution < 1.29 is 17.7 Å². The van der Waals surface area contributed by atoms with E-state index in [2.05, 4.69) is 10.1 Å². The smallest absolute Gasteiger partial charge is 0.256 e. The van der Waals surface area contributed by atoms with E-state index in [1.807, 2.05) is 18.2 Å². The van der Waals surface area contributed by atoms with Crippen molar-refractivity contribution in [3.05, 3.63) is 47.5 Å². The number of hydrogen-bond donors (Lipinski definition) is 1. The van der Waals surface area contributed by atoms with Gasteiger partial charge in [-0.25, -0.2) is 8.42 Å². The number of sulfonamides is 1. The summed E-state index contributed by atoms with van der Waals surface area (Å²) in [7, 11) is -3.69. The van der Waals surface area contributed by atoms with Crippen molar-refractivity contribution in [1.29, 1.82) is 0 Å². The third-order valence-corrected chi connectivity index (χ3v) is 7.05. The average Bonchev–Trinajstić information content (AvgIpc) is 3.27. The second kappa shape index (κ2) is 6.50. The molecule has 0 atom stereocenters. The highest BCUT2D eigenvalue weighted by Gasteiger charge is 2.34. The molecule has 0 radical (unpaired) electrons. The number of fused-ring (bicyclic) bond motifs is 1. The number of carbonyl (C=O) groups excluding carboxylic acids is 1. The molecule has 0 unspecified atom stereocenters. The summed E-state index contributed by atoms with van der Waals surface area (Å²) in [4.78, 5) is 17.8. The standard InChI is InChI=1S/C18H20N4O4S/c1-12-17(13(2)26-20-12)27(24,25)22-10-8-21(9-11-22)18(23)15-5-3-4-14-6-7-19-16(14)15/h3-7,19H,8-11H2,1-2H3. The normalized spacial score (nSPS) is 16.1. The van der Waals surface area contributed by atoms with E-state index in [0.717, 1.165) is 10.9 Å². The van der Waals surface area contributed by atoms with Crippen LogP contribution in [0.4, 0.5) is 0 Å². The van der Waals surface area contributed by atoms with Crippen LogP contribution in [0.25, 0.3) is 10.9 Å². The van der Waals surface area contributed by atoms with Gasteiger partial charge in [-0.1, -0.05) is 17.3 Å². The minimum Gasteiger partial charge on any atom is -0.361 e. The molecular formula is C18H20N4O4S. The lowest BCUT2D eigenvalue weighted by Gasteiger charge is -2.34. The van der Waals surface area contributed by atoms with Crippen LogP contribution in [-0.2, 0) is 10.0 Å². The molecule has 1 amide bonds. The number of benzene rings is 1. The van der Waals surface area contributed by atoms with Crippen molar-refractivity contribution in [2.75, 3.05) is 26.2 Å². The quantitative estimate of drug-likeness (QED) is 0.739. The lowest BCUT2D eigenvalue weighted by atomic mass is 10.1. The van der Waals surface area contributed by atoms with Gasteiger partial charge >= 0.3 is 0 Å². The highest BCUT2D eigenvalue weighted by Crippen LogP contribution is 2.25. The van der Waals surface area contributed by atoms with Crippen molar-refractivity contribution in [3.8, 4) is 0 Å². The number of nitrogens with one attached hydrogen (secondary N) is 1. The first-order valence-corrected chi connectivity index (χ1v) is 10.1. The van der Waals surface area contributed by atoms with Gasteiger partial charge in [0.25, 0.3) is 5.91 Å². The highest BCUT2D eigenvalue weighted by molar-refractivity contribution is 7.89. The van der Waals surface area contributed by atoms with Crippen LogP contribution >= 0.6 is 0 Å². The molecule has 142 valence electrons. The zero-order valence-electron chi connectivity index (χ0n) is 15.1. The van der Waals surface area contributed by atoms with E-state index in [1.54, 1.807) is 31.0 Å². The number of para-hydroxylation sites is 1. The number of H-pyrrole nitrogens is 1. The number of carbonyl (C=O) groups is 1. The molecule has 1 fully saturated rings. The molecule has 9 heteroatoms. The van der Waals surface area contributed by atoms with Crippen LogP contribution in [0, 0.1) is 13.8 Å². The van der Waals surface area contributed by atoms with Gasteiger partial charge < -0.3 is 14.4 Å². The van der Waals surface area contributed by atoms with Crippen molar-refractivity contribution >= 4 is 26.8 Å². The van der Waals surface area contributed by atoms with Crippen LogP contribution in [-0.4, -0.2) is 59.8 Å². The summed E-state index contributed by atoms with van der Waals surface area (Å²) in [6, 6.07) is 7.49. The van der Waals surface area contributed by atoms with Gasteiger partial charge in [-0.2, -0.15) is 4.31 Å².